The molecule has 27 heavy (non-hydrogen) atoms. The van der Waals surface area contributed by atoms with Crippen molar-refractivity contribution < 1.29 is 9.59 Å². The molecule has 0 radical (unpaired) electrons. The molecule has 0 bridgehead atoms. The highest BCUT2D eigenvalue weighted by Gasteiger charge is 2.48. The molecule has 0 saturated carbocycles. The van der Waals surface area contributed by atoms with Gasteiger partial charge in [-0.2, -0.15) is 0 Å². The van der Waals surface area contributed by atoms with Crippen LogP contribution in [0.3, 0.4) is 0 Å². The topological polar surface area (TPSA) is 65.0 Å². The molecule has 8 heteroatoms. The lowest BCUT2D eigenvalue weighted by Gasteiger charge is -2.35. The minimum absolute atomic E-state index is 0.293. The predicted octanol–water partition coefficient (Wildman–Crippen LogP) is 4.16. The number of amides is 3. The predicted molar refractivity (Wildman–Crippen MR) is 113 cm³/mol. The van der Waals surface area contributed by atoms with Crippen LogP contribution in [0.5, 0.6) is 0 Å². The number of imide groups is 1. The van der Waals surface area contributed by atoms with Gasteiger partial charge >= 0.3 is 6.03 Å². The number of nitrogens with zero attached hydrogens (tertiary/aromatic N) is 3. The summed E-state index contributed by atoms with van der Waals surface area (Å²) in [5.74, 6) is 0.671. The highest BCUT2D eigenvalue weighted by molar-refractivity contribution is 8.13. The van der Waals surface area contributed by atoms with E-state index in [0.29, 0.717) is 11.6 Å². The van der Waals surface area contributed by atoms with Crippen LogP contribution in [-0.2, 0) is 4.79 Å². The van der Waals surface area contributed by atoms with Gasteiger partial charge in [0.1, 0.15) is 0 Å². The van der Waals surface area contributed by atoms with E-state index in [2.05, 4.69) is 17.2 Å². The van der Waals surface area contributed by atoms with E-state index in [1.807, 2.05) is 17.9 Å². The maximum atomic E-state index is 12.4. The molecule has 1 saturated heterocycles. The third-order valence-electron chi connectivity index (χ3n) is 4.87. The molecular weight excluding hydrogens is 384 g/mol. The number of carbonyl (C=O) groups is 2. The second-order valence-electron chi connectivity index (χ2n) is 7.09. The standard InChI is InChI=1S/C19H31ClN4O2S/c1-4-5-6-7-8-9-10-13-27-19-21-16-15(24(19)12-11-14(2)20)17(25)22-18(26)23(16)3/h11,15-16H,4-10,12-13H2,1-3H3,(H,22,25,26)/b14-11-. The summed E-state index contributed by atoms with van der Waals surface area (Å²) in [5.41, 5.74) is 0. The van der Waals surface area contributed by atoms with Gasteiger partial charge in [0.15, 0.2) is 17.4 Å². The number of carbonyl (C=O) groups excluding carboxylic acids is 2. The Kier molecular flexibility index (Phi) is 8.96. The third kappa shape index (κ3) is 6.14. The molecule has 2 aliphatic rings. The van der Waals surface area contributed by atoms with E-state index in [9.17, 15) is 9.59 Å². The zero-order chi connectivity index (χ0) is 19.8. The van der Waals surface area contributed by atoms with Crippen molar-refractivity contribution in [3.8, 4) is 0 Å². The molecule has 3 amide bonds. The molecule has 0 aromatic heterocycles. The van der Waals surface area contributed by atoms with Gasteiger partial charge in [0.25, 0.3) is 5.91 Å². The van der Waals surface area contributed by atoms with Crippen molar-refractivity contribution in [3.05, 3.63) is 11.1 Å². The van der Waals surface area contributed by atoms with Crippen molar-refractivity contribution >= 4 is 40.5 Å². The number of hydrogen-bond donors (Lipinski definition) is 1. The van der Waals surface area contributed by atoms with E-state index in [1.54, 1.807) is 18.8 Å². The van der Waals surface area contributed by atoms with Gasteiger partial charge in [0.05, 0.1) is 0 Å². The van der Waals surface area contributed by atoms with Gasteiger partial charge in [0, 0.05) is 24.4 Å². The van der Waals surface area contributed by atoms with Crippen LogP contribution in [0.1, 0.15) is 58.8 Å². The highest BCUT2D eigenvalue weighted by Crippen LogP contribution is 2.29. The number of aliphatic imine (C=N–C) groups is 1. The van der Waals surface area contributed by atoms with Crippen molar-refractivity contribution in [2.24, 2.45) is 4.99 Å². The second-order valence-corrected chi connectivity index (χ2v) is 8.75. The fourth-order valence-corrected chi connectivity index (χ4v) is 4.40. The number of urea groups is 1. The van der Waals surface area contributed by atoms with Crippen molar-refractivity contribution in [2.75, 3.05) is 19.3 Å². The zero-order valence-electron chi connectivity index (χ0n) is 16.5. The molecule has 1 fully saturated rings. The van der Waals surface area contributed by atoms with Crippen LogP contribution in [0, 0.1) is 0 Å². The fraction of sp³-hybridized carbons (Fsp3) is 0.737. The Morgan fingerprint density at radius 2 is 1.89 bits per heavy atom. The minimum atomic E-state index is -0.489. The van der Waals surface area contributed by atoms with E-state index in [-0.39, 0.29) is 5.91 Å². The molecule has 2 atom stereocenters. The number of thioether (sulfide) groups is 1. The smallest absolute Gasteiger partial charge is 0.325 e. The summed E-state index contributed by atoms with van der Waals surface area (Å²) in [6.45, 7) is 4.55. The number of nitrogens with one attached hydrogen (secondary N) is 1. The van der Waals surface area contributed by atoms with Gasteiger partial charge in [-0.3, -0.25) is 10.1 Å². The van der Waals surface area contributed by atoms with Crippen LogP contribution < -0.4 is 5.32 Å². The van der Waals surface area contributed by atoms with E-state index in [4.69, 9.17) is 11.6 Å². The molecule has 0 aromatic carbocycles. The lowest BCUT2D eigenvalue weighted by molar-refractivity contribution is -0.126. The van der Waals surface area contributed by atoms with E-state index in [1.165, 1.54) is 43.4 Å². The zero-order valence-corrected chi connectivity index (χ0v) is 18.1. The SMILES string of the molecule is CCCCCCCCCSC1=NC2C(C(=O)NC(=O)N2C)N1C/C=C(/C)Cl. The largest absolute Gasteiger partial charge is 0.332 e. The maximum absolute atomic E-state index is 12.4. The third-order valence-corrected chi connectivity index (χ3v) is 6.12. The number of allylic oxidation sites excluding steroid dienone is 1. The van der Waals surface area contributed by atoms with E-state index in [0.717, 1.165) is 17.3 Å². The summed E-state index contributed by atoms with van der Waals surface area (Å²) >= 11 is 7.66. The number of fused-ring (bicyclic) bond motifs is 1. The van der Waals surface area contributed by atoms with Crippen molar-refractivity contribution in [2.45, 2.75) is 71.0 Å². The second kappa shape index (κ2) is 11.0. The molecule has 0 aromatic rings. The average molecular weight is 415 g/mol. The van der Waals surface area contributed by atoms with Gasteiger partial charge in [-0.15, -0.1) is 0 Å². The molecule has 2 aliphatic heterocycles. The summed E-state index contributed by atoms with van der Waals surface area (Å²) in [7, 11) is 1.67. The first-order valence-electron chi connectivity index (χ1n) is 9.82. The van der Waals surface area contributed by atoms with Gasteiger partial charge < -0.3 is 9.80 Å². The molecule has 2 heterocycles. The van der Waals surface area contributed by atoms with Crippen molar-refractivity contribution in [3.63, 3.8) is 0 Å². The summed E-state index contributed by atoms with van der Waals surface area (Å²) in [4.78, 5) is 32.4. The van der Waals surface area contributed by atoms with Crippen LogP contribution in [0.4, 0.5) is 4.79 Å². The number of halogens is 1. The normalized spacial score (nSPS) is 22.8. The first-order chi connectivity index (χ1) is 13.0. The molecule has 0 spiro atoms. The Bertz CT molecular complexity index is 592. The van der Waals surface area contributed by atoms with Crippen molar-refractivity contribution in [1.82, 2.24) is 15.1 Å². The Balaban J connectivity index is 1.92. The summed E-state index contributed by atoms with van der Waals surface area (Å²) < 4.78 is 0. The van der Waals surface area contributed by atoms with Crippen LogP contribution in [0.25, 0.3) is 0 Å². The number of rotatable bonds is 10. The average Bonchev–Trinajstić information content (AvgIpc) is 2.99. The Hall–Kier alpha value is -1.21. The Morgan fingerprint density at radius 1 is 1.22 bits per heavy atom. The summed E-state index contributed by atoms with van der Waals surface area (Å²) in [6, 6.07) is -0.885. The van der Waals surface area contributed by atoms with Crippen LogP contribution in [0.2, 0.25) is 0 Å². The summed E-state index contributed by atoms with van der Waals surface area (Å²) in [5, 5.41) is 3.91. The van der Waals surface area contributed by atoms with Crippen LogP contribution in [0.15, 0.2) is 16.1 Å². The van der Waals surface area contributed by atoms with Crippen LogP contribution in [-0.4, -0.2) is 58.5 Å². The quantitative estimate of drug-likeness (QED) is 0.545. The molecule has 2 unspecified atom stereocenters. The molecule has 152 valence electrons. The van der Waals surface area contributed by atoms with Gasteiger partial charge in [-0.25, -0.2) is 9.79 Å². The van der Waals surface area contributed by atoms with Gasteiger partial charge in [-0.1, -0.05) is 74.9 Å². The molecule has 0 aliphatic carbocycles. The van der Waals surface area contributed by atoms with Gasteiger partial charge in [-0.05, 0) is 13.3 Å². The first-order valence-corrected chi connectivity index (χ1v) is 11.2. The number of unbranched alkanes of at least 4 members (excludes halogenated alkanes) is 6. The maximum Gasteiger partial charge on any atom is 0.325 e. The van der Waals surface area contributed by atoms with E-state index >= 15 is 0 Å². The lowest BCUT2D eigenvalue weighted by atomic mass is 10.1. The Morgan fingerprint density at radius 3 is 2.56 bits per heavy atom. The lowest BCUT2D eigenvalue weighted by Crippen LogP contribution is -2.63. The molecule has 6 nitrogen and oxygen atoms in total. The van der Waals surface area contributed by atoms with Crippen molar-refractivity contribution in [1.29, 1.82) is 0 Å². The highest BCUT2D eigenvalue weighted by atomic mass is 35.5. The molecule has 1 N–H and O–H groups in total. The van der Waals surface area contributed by atoms with Gasteiger partial charge in [0.2, 0.25) is 0 Å². The molecular formula is C19H31ClN4O2S. The monoisotopic (exact) mass is 414 g/mol. The van der Waals surface area contributed by atoms with Crippen LogP contribution >= 0.6 is 23.4 Å². The summed E-state index contributed by atoms with van der Waals surface area (Å²) in [6.07, 6.45) is 10.3. The number of hydrogen-bond acceptors (Lipinski definition) is 5. The molecule has 2 rings (SSSR count). The Labute approximate surface area is 171 Å². The minimum Gasteiger partial charge on any atom is -0.332 e. The number of amidine groups is 1. The fourth-order valence-electron chi connectivity index (χ4n) is 3.26. The first kappa shape index (κ1) is 22.1. The van der Waals surface area contributed by atoms with E-state index < -0.39 is 18.2 Å². The number of likely N-dealkylation sites (N-methyl/N-ethyl adjacent to an activating group) is 1.